The van der Waals surface area contributed by atoms with Gasteiger partial charge < -0.3 is 19.0 Å². The van der Waals surface area contributed by atoms with Crippen LogP contribution < -0.4 is 9.47 Å². The van der Waals surface area contributed by atoms with E-state index in [-0.39, 0.29) is 13.0 Å². The molecular weight excluding hydrogens is 484 g/mol. The lowest BCUT2D eigenvalue weighted by Crippen LogP contribution is -2.00. The van der Waals surface area contributed by atoms with Gasteiger partial charge in [0, 0.05) is 22.3 Å². The molecule has 0 amide bonds. The van der Waals surface area contributed by atoms with Crippen LogP contribution in [0.25, 0.3) is 11.5 Å². The lowest BCUT2D eigenvalue weighted by molar-refractivity contribution is -0.136. The second-order valence-corrected chi connectivity index (χ2v) is 10.1. The number of hydrogen-bond donors (Lipinski definition) is 1. The van der Waals surface area contributed by atoms with Crippen molar-refractivity contribution in [3.63, 3.8) is 0 Å². The summed E-state index contributed by atoms with van der Waals surface area (Å²) in [5, 5.41) is 9.06. The third kappa shape index (κ3) is 6.64. The Bertz CT molecular complexity index is 1300. The van der Waals surface area contributed by atoms with Gasteiger partial charge in [0.05, 0.1) is 18.7 Å². The second kappa shape index (κ2) is 11.4. The molecule has 0 fully saturated rings. The first-order valence-corrected chi connectivity index (χ1v) is 12.9. The van der Waals surface area contributed by atoms with E-state index in [0.29, 0.717) is 24.0 Å². The zero-order chi connectivity index (χ0) is 24.8. The third-order valence-electron chi connectivity index (χ3n) is 5.09. The fourth-order valence-electron chi connectivity index (χ4n) is 3.37. The first-order chi connectivity index (χ1) is 16.9. The van der Waals surface area contributed by atoms with Crippen molar-refractivity contribution in [2.45, 2.75) is 43.9 Å². The van der Waals surface area contributed by atoms with E-state index in [2.05, 4.69) is 9.97 Å². The van der Waals surface area contributed by atoms with Crippen molar-refractivity contribution < 1.29 is 23.8 Å². The molecule has 35 heavy (non-hydrogen) atoms. The van der Waals surface area contributed by atoms with Gasteiger partial charge in [-0.15, -0.1) is 11.3 Å². The van der Waals surface area contributed by atoms with Gasteiger partial charge >= 0.3 is 5.97 Å². The zero-order valence-electron chi connectivity index (χ0n) is 19.7. The van der Waals surface area contributed by atoms with Crippen LogP contribution in [0.3, 0.4) is 0 Å². The standard InChI is InChI=1S/C26H26N2O5S2/c1-4-31-20-10-18(15-34-26-27-16(2)23(35-26)13-24(29)30)11-21(12-20)32-14-22-17(3)33-25(28-22)19-8-6-5-7-9-19/h5-12H,4,13-15H2,1-3H3,(H,29,30). The van der Waals surface area contributed by atoms with Crippen LogP contribution in [0.15, 0.2) is 57.3 Å². The van der Waals surface area contributed by atoms with Gasteiger partial charge in [0.25, 0.3) is 0 Å². The van der Waals surface area contributed by atoms with E-state index in [1.165, 1.54) is 11.3 Å². The summed E-state index contributed by atoms with van der Waals surface area (Å²) in [6.45, 7) is 6.48. The average molecular weight is 511 g/mol. The number of rotatable bonds is 11. The van der Waals surface area contributed by atoms with E-state index in [0.717, 1.165) is 43.2 Å². The summed E-state index contributed by atoms with van der Waals surface area (Å²) < 4.78 is 18.5. The number of nitrogens with zero attached hydrogens (tertiary/aromatic N) is 2. The largest absolute Gasteiger partial charge is 0.494 e. The number of carboxylic acids is 1. The average Bonchev–Trinajstić information content (AvgIpc) is 3.38. The highest BCUT2D eigenvalue weighted by atomic mass is 32.2. The van der Waals surface area contributed by atoms with Gasteiger partial charge in [-0.3, -0.25) is 4.79 Å². The van der Waals surface area contributed by atoms with Crippen LogP contribution in [0.4, 0.5) is 0 Å². The monoisotopic (exact) mass is 510 g/mol. The van der Waals surface area contributed by atoms with E-state index in [4.69, 9.17) is 19.0 Å². The highest BCUT2D eigenvalue weighted by molar-refractivity contribution is 8.00. The van der Waals surface area contributed by atoms with E-state index in [1.807, 2.05) is 69.3 Å². The minimum atomic E-state index is -0.849. The molecule has 2 aromatic heterocycles. The van der Waals surface area contributed by atoms with Crippen molar-refractivity contribution >= 4 is 29.1 Å². The number of ether oxygens (including phenoxy) is 2. The first kappa shape index (κ1) is 24.8. The Morgan fingerprint density at radius 2 is 1.83 bits per heavy atom. The van der Waals surface area contributed by atoms with Crippen LogP contribution in [-0.2, 0) is 23.6 Å². The molecule has 0 saturated carbocycles. The zero-order valence-corrected chi connectivity index (χ0v) is 21.4. The fraction of sp³-hybridized carbons (Fsp3) is 0.269. The molecule has 2 aromatic carbocycles. The fourth-order valence-corrected chi connectivity index (χ4v) is 5.53. The molecule has 0 aliphatic rings. The van der Waals surface area contributed by atoms with Crippen LogP contribution in [-0.4, -0.2) is 27.7 Å². The Kier molecular flexibility index (Phi) is 8.09. The number of aryl methyl sites for hydroxylation is 2. The number of aromatic nitrogens is 2. The maximum Gasteiger partial charge on any atom is 0.308 e. The number of carbonyl (C=O) groups is 1. The molecule has 9 heteroatoms. The van der Waals surface area contributed by atoms with E-state index in [9.17, 15) is 4.79 Å². The summed E-state index contributed by atoms with van der Waals surface area (Å²) >= 11 is 2.99. The maximum atomic E-state index is 11.0. The molecule has 0 unspecified atom stereocenters. The molecule has 4 aromatic rings. The number of aliphatic carboxylic acids is 1. The van der Waals surface area contributed by atoms with E-state index in [1.54, 1.807) is 11.8 Å². The van der Waals surface area contributed by atoms with Crippen LogP contribution in [0.2, 0.25) is 0 Å². The molecule has 0 radical (unpaired) electrons. The lowest BCUT2D eigenvalue weighted by Gasteiger charge is -2.11. The second-order valence-electron chi connectivity index (χ2n) is 7.77. The predicted octanol–water partition coefficient (Wildman–Crippen LogP) is 6.31. The van der Waals surface area contributed by atoms with Crippen LogP contribution >= 0.6 is 23.1 Å². The van der Waals surface area contributed by atoms with E-state index < -0.39 is 5.97 Å². The highest BCUT2D eigenvalue weighted by Crippen LogP contribution is 2.33. The number of hydrogen-bond acceptors (Lipinski definition) is 8. The highest BCUT2D eigenvalue weighted by Gasteiger charge is 2.14. The van der Waals surface area contributed by atoms with Gasteiger partial charge in [-0.25, -0.2) is 9.97 Å². The molecule has 182 valence electrons. The molecule has 2 heterocycles. The molecule has 4 rings (SSSR count). The summed E-state index contributed by atoms with van der Waals surface area (Å²) in [4.78, 5) is 20.9. The van der Waals surface area contributed by atoms with Crippen LogP contribution in [0, 0.1) is 13.8 Å². The first-order valence-electron chi connectivity index (χ1n) is 11.1. The van der Waals surface area contributed by atoms with Gasteiger partial charge in [-0.1, -0.05) is 30.0 Å². The molecule has 0 saturated heterocycles. The molecule has 0 aliphatic carbocycles. The van der Waals surface area contributed by atoms with Gasteiger partial charge in [0.15, 0.2) is 4.34 Å². The third-order valence-corrected chi connectivity index (χ3v) is 7.46. The number of oxazole rings is 1. The van der Waals surface area contributed by atoms with Gasteiger partial charge in [-0.2, -0.15) is 0 Å². The van der Waals surface area contributed by atoms with Crippen molar-refractivity contribution in [1.29, 1.82) is 0 Å². The Hall–Kier alpha value is -3.30. The summed E-state index contributed by atoms with van der Waals surface area (Å²) in [7, 11) is 0. The van der Waals surface area contributed by atoms with E-state index >= 15 is 0 Å². The Morgan fingerprint density at radius 3 is 2.54 bits per heavy atom. The van der Waals surface area contributed by atoms with Gasteiger partial charge in [0.1, 0.15) is 29.6 Å². The SMILES string of the molecule is CCOc1cc(CSc2nc(C)c(CC(=O)O)s2)cc(OCc2nc(-c3ccccc3)oc2C)c1. The van der Waals surface area contributed by atoms with Gasteiger partial charge in [-0.05, 0) is 50.6 Å². The smallest absolute Gasteiger partial charge is 0.308 e. The maximum absolute atomic E-state index is 11.0. The van der Waals surface area contributed by atoms with Crippen molar-refractivity contribution in [1.82, 2.24) is 9.97 Å². The molecular formula is C26H26N2O5S2. The lowest BCUT2D eigenvalue weighted by atomic mass is 10.2. The Labute approximate surface area is 212 Å². The van der Waals surface area contributed by atoms with Crippen molar-refractivity contribution in [2.24, 2.45) is 0 Å². The van der Waals surface area contributed by atoms with Crippen molar-refractivity contribution in [3.05, 3.63) is 76.1 Å². The summed E-state index contributed by atoms with van der Waals surface area (Å²) in [6, 6.07) is 15.6. The molecule has 1 N–H and O–H groups in total. The van der Waals surface area contributed by atoms with Crippen LogP contribution in [0.5, 0.6) is 11.5 Å². The summed E-state index contributed by atoms with van der Waals surface area (Å²) in [6.07, 6.45) is -0.00464. The van der Waals surface area contributed by atoms with Crippen LogP contribution in [0.1, 0.15) is 34.5 Å². The number of thiazole rings is 1. The van der Waals surface area contributed by atoms with Crippen molar-refractivity contribution in [2.75, 3.05) is 6.61 Å². The Balaban J connectivity index is 1.46. The Morgan fingerprint density at radius 1 is 1.09 bits per heavy atom. The minimum absolute atomic E-state index is 0.00464. The molecule has 7 nitrogen and oxygen atoms in total. The molecule has 0 atom stereocenters. The summed E-state index contributed by atoms with van der Waals surface area (Å²) in [5.41, 5.74) is 3.45. The predicted molar refractivity (Wildman–Crippen MR) is 136 cm³/mol. The summed E-state index contributed by atoms with van der Waals surface area (Å²) in [5.74, 6) is 2.50. The number of thioether (sulfide) groups is 1. The molecule has 0 spiro atoms. The normalized spacial score (nSPS) is 10.9. The minimum Gasteiger partial charge on any atom is -0.494 e. The topological polar surface area (TPSA) is 94.7 Å². The molecule has 0 aliphatic heterocycles. The number of carboxylic acid groups (broad SMARTS) is 1. The molecule has 0 bridgehead atoms. The number of benzene rings is 2. The van der Waals surface area contributed by atoms with Gasteiger partial charge in [0.2, 0.25) is 5.89 Å². The quantitative estimate of drug-likeness (QED) is 0.235. The van der Waals surface area contributed by atoms with Crippen molar-refractivity contribution in [3.8, 4) is 23.0 Å².